The van der Waals surface area contributed by atoms with Crippen LogP contribution in [-0.2, 0) is 0 Å². The fourth-order valence-corrected chi connectivity index (χ4v) is 3.39. The highest BCUT2D eigenvalue weighted by atomic mass is 32.2. The van der Waals surface area contributed by atoms with E-state index in [4.69, 9.17) is 0 Å². The molecule has 2 aromatic carbocycles. The smallest absolute Gasteiger partial charge is 0.261 e. The fraction of sp³-hybridized carbons (Fsp3) is 0.143. The zero-order valence-corrected chi connectivity index (χ0v) is 15.7. The van der Waals surface area contributed by atoms with Crippen molar-refractivity contribution < 1.29 is 4.79 Å². The van der Waals surface area contributed by atoms with Gasteiger partial charge in [-0.1, -0.05) is 17.8 Å². The Morgan fingerprint density at radius 3 is 2.23 bits per heavy atom. The number of aromatic amines is 1. The topological polar surface area (TPSA) is 62.0 Å². The van der Waals surface area contributed by atoms with Crippen LogP contribution >= 0.6 is 11.8 Å². The molecule has 0 atom stereocenters. The zero-order chi connectivity index (χ0) is 18.7. The molecule has 0 saturated carbocycles. The lowest BCUT2D eigenvalue weighted by atomic mass is 10.1. The van der Waals surface area contributed by atoms with E-state index in [-0.39, 0.29) is 11.1 Å². The molecule has 132 valence electrons. The summed E-state index contributed by atoms with van der Waals surface area (Å²) in [4.78, 5) is 29.0. The number of nitrogens with one attached hydrogen (secondary N) is 2. The Kier molecular flexibility index (Phi) is 5.28. The lowest BCUT2D eigenvalue weighted by molar-refractivity contribution is 0.102. The van der Waals surface area contributed by atoms with Gasteiger partial charge in [-0.15, -0.1) is 0 Å². The Balaban J connectivity index is 1.70. The van der Waals surface area contributed by atoms with Gasteiger partial charge in [-0.3, -0.25) is 9.59 Å². The highest BCUT2D eigenvalue weighted by Gasteiger charge is 2.10. The van der Waals surface area contributed by atoms with Crippen molar-refractivity contribution in [1.82, 2.24) is 4.98 Å². The van der Waals surface area contributed by atoms with Gasteiger partial charge in [0.05, 0.1) is 0 Å². The molecule has 1 aromatic heterocycles. The third kappa shape index (κ3) is 4.24. The van der Waals surface area contributed by atoms with Gasteiger partial charge in [0.2, 0.25) is 0 Å². The highest BCUT2D eigenvalue weighted by molar-refractivity contribution is 7.99. The van der Waals surface area contributed by atoms with Gasteiger partial charge < -0.3 is 10.3 Å². The molecule has 5 heteroatoms. The number of amides is 1. The van der Waals surface area contributed by atoms with E-state index in [1.165, 1.54) is 22.1 Å². The molecule has 0 spiro atoms. The van der Waals surface area contributed by atoms with Gasteiger partial charge in [-0.05, 0) is 80.4 Å². The Labute approximate surface area is 156 Å². The number of carbonyl (C=O) groups is 1. The SMILES string of the molecule is Cc1ccc(C(=O)Nc2ccc(Sc3ccc(C)c(C)c3)cc2)c(=O)[nH]1. The number of anilines is 1. The van der Waals surface area contributed by atoms with Crippen molar-refractivity contribution in [2.24, 2.45) is 0 Å². The highest BCUT2D eigenvalue weighted by Crippen LogP contribution is 2.29. The second-order valence-corrected chi connectivity index (χ2v) is 7.36. The van der Waals surface area contributed by atoms with Crippen molar-refractivity contribution in [2.75, 3.05) is 5.32 Å². The third-order valence-electron chi connectivity index (χ3n) is 4.13. The van der Waals surface area contributed by atoms with Gasteiger partial charge in [-0.2, -0.15) is 0 Å². The van der Waals surface area contributed by atoms with E-state index in [0.29, 0.717) is 5.69 Å². The zero-order valence-electron chi connectivity index (χ0n) is 14.9. The van der Waals surface area contributed by atoms with Gasteiger partial charge in [0.25, 0.3) is 11.5 Å². The summed E-state index contributed by atoms with van der Waals surface area (Å²) in [6.45, 7) is 5.97. The van der Waals surface area contributed by atoms with Crippen molar-refractivity contribution in [2.45, 2.75) is 30.6 Å². The van der Waals surface area contributed by atoms with Crippen molar-refractivity contribution in [1.29, 1.82) is 0 Å². The first kappa shape index (κ1) is 18.0. The molecule has 1 heterocycles. The summed E-state index contributed by atoms with van der Waals surface area (Å²) in [6, 6.07) is 17.2. The monoisotopic (exact) mass is 364 g/mol. The van der Waals surface area contributed by atoms with Crippen LogP contribution in [-0.4, -0.2) is 10.9 Å². The molecule has 0 bridgehead atoms. The molecule has 0 saturated heterocycles. The molecule has 1 amide bonds. The Morgan fingerprint density at radius 2 is 1.58 bits per heavy atom. The average molecular weight is 364 g/mol. The van der Waals surface area contributed by atoms with Gasteiger partial charge >= 0.3 is 0 Å². The molecule has 26 heavy (non-hydrogen) atoms. The predicted molar refractivity (Wildman–Crippen MR) is 106 cm³/mol. The van der Waals surface area contributed by atoms with E-state index in [1.54, 1.807) is 24.8 Å². The molecular weight excluding hydrogens is 344 g/mol. The van der Waals surface area contributed by atoms with E-state index in [0.717, 1.165) is 10.6 Å². The number of H-pyrrole nitrogens is 1. The van der Waals surface area contributed by atoms with Crippen LogP contribution in [0, 0.1) is 20.8 Å². The predicted octanol–water partition coefficient (Wildman–Crippen LogP) is 4.70. The van der Waals surface area contributed by atoms with Gasteiger partial charge in [0, 0.05) is 21.2 Å². The quantitative estimate of drug-likeness (QED) is 0.705. The number of hydrogen-bond acceptors (Lipinski definition) is 3. The maximum absolute atomic E-state index is 12.3. The number of aromatic nitrogens is 1. The van der Waals surface area contributed by atoms with Crippen molar-refractivity contribution in [3.05, 3.63) is 87.3 Å². The summed E-state index contributed by atoms with van der Waals surface area (Å²) in [7, 11) is 0. The second kappa shape index (κ2) is 7.62. The lowest BCUT2D eigenvalue weighted by Gasteiger charge is -2.08. The summed E-state index contributed by atoms with van der Waals surface area (Å²) in [5.74, 6) is -0.416. The molecule has 0 aliphatic heterocycles. The Bertz CT molecular complexity index is 1010. The standard InChI is InChI=1S/C21H20N2O2S/c1-13-4-8-18(12-14(13)2)26-17-9-6-16(7-10-17)23-21(25)19-11-5-15(3)22-20(19)24/h4-12H,1-3H3,(H,22,24)(H,23,25). The molecule has 0 unspecified atom stereocenters. The van der Waals surface area contributed by atoms with Gasteiger partial charge in [0.1, 0.15) is 5.56 Å². The Morgan fingerprint density at radius 1 is 0.885 bits per heavy atom. The van der Waals surface area contributed by atoms with Crippen molar-refractivity contribution in [3.63, 3.8) is 0 Å². The van der Waals surface area contributed by atoms with E-state index >= 15 is 0 Å². The maximum atomic E-state index is 12.3. The second-order valence-electron chi connectivity index (χ2n) is 6.21. The van der Waals surface area contributed by atoms with Crippen LogP contribution in [0.15, 0.2) is 69.2 Å². The number of hydrogen-bond donors (Lipinski definition) is 2. The summed E-state index contributed by atoms with van der Waals surface area (Å²) in [6.07, 6.45) is 0. The largest absolute Gasteiger partial charge is 0.326 e. The molecule has 0 radical (unpaired) electrons. The molecule has 2 N–H and O–H groups in total. The molecule has 0 aliphatic carbocycles. The average Bonchev–Trinajstić information content (AvgIpc) is 2.60. The number of benzene rings is 2. The van der Waals surface area contributed by atoms with Crippen LogP contribution in [0.25, 0.3) is 0 Å². The summed E-state index contributed by atoms with van der Waals surface area (Å²) in [5, 5.41) is 2.76. The summed E-state index contributed by atoms with van der Waals surface area (Å²) in [5.41, 5.74) is 3.63. The Hall–Kier alpha value is -2.79. The van der Waals surface area contributed by atoms with E-state index in [1.807, 2.05) is 24.3 Å². The maximum Gasteiger partial charge on any atom is 0.261 e. The molecule has 0 fully saturated rings. The molecular formula is C21H20N2O2S. The van der Waals surface area contributed by atoms with Crippen LogP contribution < -0.4 is 10.9 Å². The minimum absolute atomic E-state index is 0.101. The number of aryl methyl sites for hydroxylation is 3. The number of pyridine rings is 1. The first-order valence-corrected chi connectivity index (χ1v) is 9.10. The summed E-state index contributed by atoms with van der Waals surface area (Å²) < 4.78 is 0. The third-order valence-corrected chi connectivity index (χ3v) is 5.12. The normalized spacial score (nSPS) is 10.6. The minimum Gasteiger partial charge on any atom is -0.326 e. The lowest BCUT2D eigenvalue weighted by Crippen LogP contribution is -2.23. The number of rotatable bonds is 4. The van der Waals surface area contributed by atoms with E-state index < -0.39 is 5.91 Å². The van der Waals surface area contributed by atoms with Crippen LogP contribution in [0.1, 0.15) is 27.2 Å². The van der Waals surface area contributed by atoms with E-state index in [9.17, 15) is 9.59 Å². The summed E-state index contributed by atoms with van der Waals surface area (Å²) >= 11 is 1.67. The molecule has 3 rings (SSSR count). The first-order chi connectivity index (χ1) is 12.4. The van der Waals surface area contributed by atoms with Crippen LogP contribution in [0.2, 0.25) is 0 Å². The van der Waals surface area contributed by atoms with Crippen molar-refractivity contribution in [3.8, 4) is 0 Å². The van der Waals surface area contributed by atoms with Gasteiger partial charge in [-0.25, -0.2) is 0 Å². The molecule has 4 nitrogen and oxygen atoms in total. The fourth-order valence-electron chi connectivity index (χ4n) is 2.47. The molecule has 0 aliphatic rings. The van der Waals surface area contributed by atoms with Crippen LogP contribution in [0.5, 0.6) is 0 Å². The van der Waals surface area contributed by atoms with Crippen LogP contribution in [0.3, 0.4) is 0 Å². The van der Waals surface area contributed by atoms with E-state index in [2.05, 4.69) is 42.3 Å². The number of carbonyl (C=O) groups excluding carboxylic acids is 1. The minimum atomic E-state index is -0.416. The van der Waals surface area contributed by atoms with Crippen molar-refractivity contribution >= 4 is 23.4 Å². The first-order valence-electron chi connectivity index (χ1n) is 8.29. The molecule has 3 aromatic rings. The van der Waals surface area contributed by atoms with Crippen LogP contribution in [0.4, 0.5) is 5.69 Å². The van der Waals surface area contributed by atoms with Gasteiger partial charge in [0.15, 0.2) is 0 Å².